The molecule has 4 rings (SSSR count). The van der Waals surface area contributed by atoms with Crippen molar-refractivity contribution in [2.75, 3.05) is 52.3 Å². The average molecular weight is 679 g/mol. The van der Waals surface area contributed by atoms with Crippen LogP contribution in [0.2, 0.25) is 0 Å². The van der Waals surface area contributed by atoms with E-state index in [2.05, 4.69) is 25.4 Å². The van der Waals surface area contributed by atoms with E-state index >= 15 is 0 Å². The van der Waals surface area contributed by atoms with Crippen LogP contribution in [-0.2, 0) is 32.4 Å². The van der Waals surface area contributed by atoms with E-state index in [0.717, 1.165) is 53.7 Å². The van der Waals surface area contributed by atoms with Crippen molar-refractivity contribution in [1.29, 1.82) is 0 Å². The van der Waals surface area contributed by atoms with Crippen molar-refractivity contribution in [1.82, 2.24) is 14.5 Å². The first-order valence-corrected chi connectivity index (χ1v) is 18.4. The standard InChI is InChI=1S/C37H50N4O6S/c1-6-9-11-30-13-14-31(27-33(30)47-23-10-7-2)34-38-36(43)37(39-34)17-19-41(20-18-37)48(44,45)25-16-29-12-15-32(26-28(29)4)35(42)40(5)21-24-46-22-8-3/h7-8,12-15,26-27H,2-3,6,9-11,16-25H2,1,4-5H3,(H,38,39,43). The van der Waals surface area contributed by atoms with E-state index in [4.69, 9.17) is 14.5 Å². The van der Waals surface area contributed by atoms with Gasteiger partial charge in [0.2, 0.25) is 10.0 Å². The third-order valence-corrected chi connectivity index (χ3v) is 10.9. The van der Waals surface area contributed by atoms with Crippen molar-refractivity contribution < 1.29 is 27.5 Å². The Bertz CT molecular complexity index is 1610. The average Bonchev–Trinajstić information content (AvgIpc) is 3.39. The number of sulfonamides is 1. The van der Waals surface area contributed by atoms with Crippen LogP contribution in [0.15, 0.2) is 66.7 Å². The van der Waals surface area contributed by atoms with Crippen molar-refractivity contribution in [2.45, 2.75) is 64.3 Å². The van der Waals surface area contributed by atoms with Gasteiger partial charge in [-0.2, -0.15) is 0 Å². The summed E-state index contributed by atoms with van der Waals surface area (Å²) in [5, 5.41) is 2.96. The predicted molar refractivity (Wildman–Crippen MR) is 190 cm³/mol. The van der Waals surface area contributed by atoms with Gasteiger partial charge >= 0.3 is 0 Å². The van der Waals surface area contributed by atoms with E-state index in [9.17, 15) is 18.0 Å². The zero-order valence-corrected chi connectivity index (χ0v) is 29.4. The van der Waals surface area contributed by atoms with Gasteiger partial charge in [0.1, 0.15) is 17.1 Å². The molecule has 2 aromatic rings. The number of unbranched alkanes of at least 4 members (excludes halogenated alkanes) is 1. The van der Waals surface area contributed by atoms with Gasteiger partial charge in [-0.3, -0.25) is 14.6 Å². The van der Waals surface area contributed by atoms with Gasteiger partial charge in [-0.05, 0) is 80.3 Å². The van der Waals surface area contributed by atoms with Gasteiger partial charge in [-0.25, -0.2) is 12.7 Å². The van der Waals surface area contributed by atoms with E-state index in [1.165, 1.54) is 4.31 Å². The molecular weight excluding hydrogens is 628 g/mol. The molecule has 1 N–H and O–H groups in total. The molecule has 0 atom stereocenters. The number of amides is 2. The SMILES string of the molecule is C=CCCOc1cc(C2=NC3(CCN(S(=O)(=O)CCc4ccc(C(=O)N(C)CCOCC=C)cc4C)CC3)C(=O)N2)ccc1CCCC. The van der Waals surface area contributed by atoms with Crippen molar-refractivity contribution in [2.24, 2.45) is 4.99 Å². The van der Waals surface area contributed by atoms with Crippen LogP contribution in [0, 0.1) is 6.92 Å². The summed E-state index contributed by atoms with van der Waals surface area (Å²) >= 11 is 0. The third kappa shape index (κ3) is 9.21. The monoisotopic (exact) mass is 678 g/mol. The van der Waals surface area contributed by atoms with Crippen molar-refractivity contribution in [3.8, 4) is 5.75 Å². The Balaban J connectivity index is 1.36. The van der Waals surface area contributed by atoms with Gasteiger partial charge in [0.15, 0.2) is 0 Å². The molecule has 0 aliphatic carbocycles. The number of carbonyl (C=O) groups is 2. The Morgan fingerprint density at radius 2 is 1.83 bits per heavy atom. The van der Waals surface area contributed by atoms with Crippen molar-refractivity contribution in [3.05, 3.63) is 89.5 Å². The van der Waals surface area contributed by atoms with Crippen LogP contribution in [-0.4, -0.2) is 93.1 Å². The Kier molecular flexibility index (Phi) is 13.1. The Morgan fingerprint density at radius 1 is 1.08 bits per heavy atom. The molecule has 2 aliphatic heterocycles. The highest BCUT2D eigenvalue weighted by molar-refractivity contribution is 7.89. The Hall–Kier alpha value is -3.80. The summed E-state index contributed by atoms with van der Waals surface area (Å²) in [5.41, 5.74) is 3.19. The van der Waals surface area contributed by atoms with Crippen molar-refractivity contribution in [3.63, 3.8) is 0 Å². The number of piperidine rings is 1. The number of hydrogen-bond donors (Lipinski definition) is 1. The second-order valence-corrected chi connectivity index (χ2v) is 14.6. The highest BCUT2D eigenvalue weighted by atomic mass is 32.2. The molecule has 2 aromatic carbocycles. The molecule has 0 unspecified atom stereocenters. The normalized spacial score (nSPS) is 16.0. The fourth-order valence-electron chi connectivity index (χ4n) is 5.96. The van der Waals surface area contributed by atoms with Gasteiger partial charge in [-0.15, -0.1) is 13.2 Å². The molecule has 0 aromatic heterocycles. The zero-order chi connectivity index (χ0) is 34.7. The number of rotatable bonds is 18. The van der Waals surface area contributed by atoms with E-state index in [-0.39, 0.29) is 30.7 Å². The van der Waals surface area contributed by atoms with E-state index in [1.54, 1.807) is 30.2 Å². The highest BCUT2D eigenvalue weighted by Gasteiger charge is 2.47. The summed E-state index contributed by atoms with van der Waals surface area (Å²) in [6, 6.07) is 11.3. The number of aliphatic imine (C=N–C) groups is 1. The maximum absolute atomic E-state index is 13.4. The molecule has 1 fully saturated rings. The summed E-state index contributed by atoms with van der Waals surface area (Å²) in [6.07, 6.45) is 8.18. The summed E-state index contributed by atoms with van der Waals surface area (Å²) < 4.78 is 39.7. The number of likely N-dealkylation sites (N-methyl/N-ethyl adjacent to an activating group) is 1. The molecule has 48 heavy (non-hydrogen) atoms. The molecule has 0 saturated carbocycles. The number of nitrogens with one attached hydrogen (secondary N) is 1. The quantitative estimate of drug-likeness (QED) is 0.178. The molecule has 1 spiro atoms. The van der Waals surface area contributed by atoms with E-state index in [1.807, 2.05) is 37.3 Å². The number of ether oxygens (including phenoxy) is 2. The molecule has 2 aliphatic rings. The summed E-state index contributed by atoms with van der Waals surface area (Å²) in [6.45, 7) is 13.7. The fraction of sp³-hybridized carbons (Fsp3) is 0.486. The number of nitrogens with zero attached hydrogens (tertiary/aromatic N) is 3. The van der Waals surface area contributed by atoms with Crippen LogP contribution in [0.5, 0.6) is 5.75 Å². The highest BCUT2D eigenvalue weighted by Crippen LogP contribution is 2.33. The van der Waals surface area contributed by atoms with Crippen LogP contribution in [0.1, 0.15) is 71.6 Å². The lowest BCUT2D eigenvalue weighted by Gasteiger charge is -2.34. The third-order valence-electron chi connectivity index (χ3n) is 9.02. The van der Waals surface area contributed by atoms with Crippen LogP contribution < -0.4 is 10.1 Å². The van der Waals surface area contributed by atoms with Crippen LogP contribution in [0.25, 0.3) is 0 Å². The van der Waals surface area contributed by atoms with Crippen LogP contribution in [0.3, 0.4) is 0 Å². The zero-order valence-electron chi connectivity index (χ0n) is 28.6. The van der Waals surface area contributed by atoms with Crippen LogP contribution in [0.4, 0.5) is 0 Å². The molecule has 10 nitrogen and oxygen atoms in total. The number of carbonyl (C=O) groups excluding carboxylic acids is 2. The Labute approximate surface area is 285 Å². The lowest BCUT2D eigenvalue weighted by molar-refractivity contribution is -0.124. The molecule has 0 bridgehead atoms. The summed E-state index contributed by atoms with van der Waals surface area (Å²) in [7, 11) is -1.85. The minimum absolute atomic E-state index is 0.0611. The number of benzene rings is 2. The van der Waals surface area contributed by atoms with Gasteiger partial charge in [0, 0.05) is 37.8 Å². The van der Waals surface area contributed by atoms with Gasteiger partial charge < -0.3 is 19.7 Å². The number of aryl methyl sites for hydroxylation is 3. The van der Waals surface area contributed by atoms with E-state index in [0.29, 0.717) is 57.0 Å². The lowest BCUT2D eigenvalue weighted by Crippen LogP contribution is -2.50. The van der Waals surface area contributed by atoms with Gasteiger partial charge in [0.25, 0.3) is 11.8 Å². The van der Waals surface area contributed by atoms with Gasteiger partial charge in [-0.1, -0.05) is 43.7 Å². The first-order valence-electron chi connectivity index (χ1n) is 16.8. The first kappa shape index (κ1) is 37.0. The van der Waals surface area contributed by atoms with Crippen molar-refractivity contribution >= 4 is 27.7 Å². The molecule has 0 radical (unpaired) electrons. The lowest BCUT2D eigenvalue weighted by atomic mass is 9.89. The minimum atomic E-state index is -3.58. The molecule has 1 saturated heterocycles. The summed E-state index contributed by atoms with van der Waals surface area (Å²) in [5.74, 6) is 0.907. The number of amidine groups is 1. The molecular formula is C37H50N4O6S. The topological polar surface area (TPSA) is 118 Å². The first-order chi connectivity index (χ1) is 23.0. The molecule has 2 heterocycles. The maximum atomic E-state index is 13.4. The minimum Gasteiger partial charge on any atom is -0.493 e. The second-order valence-electron chi connectivity index (χ2n) is 12.5. The predicted octanol–water partition coefficient (Wildman–Crippen LogP) is 4.85. The van der Waals surface area contributed by atoms with Crippen LogP contribution >= 0.6 is 0 Å². The molecule has 11 heteroatoms. The molecule has 2 amide bonds. The molecule has 260 valence electrons. The fourth-order valence-corrected chi connectivity index (χ4v) is 7.43. The van der Waals surface area contributed by atoms with E-state index < -0.39 is 15.6 Å². The largest absolute Gasteiger partial charge is 0.493 e. The summed E-state index contributed by atoms with van der Waals surface area (Å²) in [4.78, 5) is 32.6. The number of hydrogen-bond acceptors (Lipinski definition) is 7. The maximum Gasteiger partial charge on any atom is 0.253 e. The second kappa shape index (κ2) is 17.0. The Morgan fingerprint density at radius 3 is 2.52 bits per heavy atom. The van der Waals surface area contributed by atoms with Gasteiger partial charge in [0.05, 0.1) is 25.6 Å². The smallest absolute Gasteiger partial charge is 0.253 e.